The maximum Gasteiger partial charge on any atom is 0.419 e. The number of methoxy groups -OCH3 is 1. The minimum Gasteiger partial charge on any atom is -0.496 e. The van der Waals surface area contributed by atoms with Crippen molar-refractivity contribution in [1.29, 1.82) is 0 Å². The Hall–Kier alpha value is -1.59. The van der Waals surface area contributed by atoms with Gasteiger partial charge in [0.1, 0.15) is 5.75 Å². The van der Waals surface area contributed by atoms with Crippen LogP contribution in [0.3, 0.4) is 0 Å². The summed E-state index contributed by atoms with van der Waals surface area (Å²) in [5.74, 6) is 0.186. The lowest BCUT2D eigenvalue weighted by Gasteiger charge is -2.28. The number of azo groups is 1. The molecule has 1 aromatic rings. The second kappa shape index (κ2) is 4.01. The lowest BCUT2D eigenvalue weighted by molar-refractivity contribution is -0.188. The highest BCUT2D eigenvalue weighted by Crippen LogP contribution is 2.50. The van der Waals surface area contributed by atoms with E-state index in [2.05, 4.69) is 10.2 Å². The van der Waals surface area contributed by atoms with Crippen LogP contribution in [0.4, 0.5) is 13.2 Å². The molecule has 0 saturated heterocycles. The highest BCUT2D eigenvalue weighted by Gasteiger charge is 2.59. The molecular formula is C11H11F3N2O. The molecular weight excluding hydrogens is 233 g/mol. The molecule has 0 amide bonds. The lowest BCUT2D eigenvalue weighted by atomic mass is 9.87. The fourth-order valence-electron chi connectivity index (χ4n) is 1.96. The summed E-state index contributed by atoms with van der Waals surface area (Å²) in [6.07, 6.45) is -4.64. The van der Waals surface area contributed by atoms with E-state index in [1.165, 1.54) is 19.2 Å². The fourth-order valence-corrected chi connectivity index (χ4v) is 1.96. The van der Waals surface area contributed by atoms with Crippen LogP contribution in [0.25, 0.3) is 0 Å². The van der Waals surface area contributed by atoms with Crippen molar-refractivity contribution in [3.8, 4) is 5.75 Å². The average Bonchev–Trinajstić information content (AvgIpc) is 2.78. The van der Waals surface area contributed by atoms with Crippen LogP contribution in [0.2, 0.25) is 0 Å². The summed E-state index contributed by atoms with van der Waals surface area (Å²) >= 11 is 0. The Morgan fingerprint density at radius 3 is 2.53 bits per heavy atom. The Bertz CT molecular complexity index is 445. The summed E-state index contributed by atoms with van der Waals surface area (Å²) in [4.78, 5) is 0. The van der Waals surface area contributed by atoms with E-state index >= 15 is 0 Å². The van der Waals surface area contributed by atoms with Gasteiger partial charge < -0.3 is 4.74 Å². The van der Waals surface area contributed by atoms with Crippen molar-refractivity contribution in [2.75, 3.05) is 13.7 Å². The zero-order valence-electron chi connectivity index (χ0n) is 9.16. The molecule has 1 aromatic carbocycles. The molecule has 0 aliphatic carbocycles. The van der Waals surface area contributed by atoms with Crippen molar-refractivity contribution in [2.24, 2.45) is 10.2 Å². The molecule has 0 unspecified atom stereocenters. The molecule has 0 radical (unpaired) electrons. The van der Waals surface area contributed by atoms with Crippen LogP contribution in [0.5, 0.6) is 5.75 Å². The van der Waals surface area contributed by atoms with E-state index in [-0.39, 0.29) is 24.3 Å². The van der Waals surface area contributed by atoms with Gasteiger partial charge in [0.05, 0.1) is 13.7 Å². The number of ether oxygens (including phenoxy) is 1. The van der Waals surface area contributed by atoms with E-state index in [0.29, 0.717) is 0 Å². The molecule has 0 bridgehead atoms. The van der Waals surface area contributed by atoms with E-state index in [1.807, 2.05) is 0 Å². The fraction of sp³-hybridized carbons (Fsp3) is 0.455. The third-order valence-corrected chi connectivity index (χ3v) is 2.84. The predicted octanol–water partition coefficient (Wildman–Crippen LogP) is 3.31. The number of halogens is 3. The van der Waals surface area contributed by atoms with Gasteiger partial charge in [-0.15, -0.1) is 0 Å². The third kappa shape index (κ3) is 1.77. The molecule has 2 rings (SSSR count). The maximum absolute atomic E-state index is 13.2. The first-order valence-electron chi connectivity index (χ1n) is 5.10. The van der Waals surface area contributed by atoms with Gasteiger partial charge in [-0.25, -0.2) is 0 Å². The maximum atomic E-state index is 13.2. The molecule has 0 N–H and O–H groups in total. The molecule has 0 aromatic heterocycles. The van der Waals surface area contributed by atoms with E-state index < -0.39 is 11.7 Å². The highest BCUT2D eigenvalue weighted by molar-refractivity contribution is 5.41. The van der Waals surface area contributed by atoms with Gasteiger partial charge in [0.25, 0.3) is 0 Å². The van der Waals surface area contributed by atoms with Crippen LogP contribution in [-0.2, 0) is 5.54 Å². The second-order valence-corrected chi connectivity index (χ2v) is 3.77. The van der Waals surface area contributed by atoms with Gasteiger partial charge in [0.2, 0.25) is 5.54 Å². The largest absolute Gasteiger partial charge is 0.496 e. The zero-order chi connectivity index (χ0) is 12.5. The van der Waals surface area contributed by atoms with Crippen molar-refractivity contribution >= 4 is 0 Å². The molecule has 1 atom stereocenters. The van der Waals surface area contributed by atoms with E-state index in [4.69, 9.17) is 4.74 Å². The average molecular weight is 244 g/mol. The van der Waals surface area contributed by atoms with Crippen molar-refractivity contribution in [2.45, 2.75) is 18.1 Å². The zero-order valence-corrected chi connectivity index (χ0v) is 9.16. The number of nitrogens with zero attached hydrogens (tertiary/aromatic N) is 2. The van der Waals surface area contributed by atoms with Gasteiger partial charge in [0, 0.05) is 12.0 Å². The topological polar surface area (TPSA) is 34.0 Å². The number of benzene rings is 1. The normalized spacial score (nSPS) is 24.0. The van der Waals surface area contributed by atoms with Gasteiger partial charge in [-0.1, -0.05) is 18.2 Å². The molecule has 0 saturated carbocycles. The van der Waals surface area contributed by atoms with Crippen molar-refractivity contribution in [3.63, 3.8) is 0 Å². The molecule has 1 aliphatic rings. The summed E-state index contributed by atoms with van der Waals surface area (Å²) in [5.41, 5.74) is -2.23. The number of alkyl halides is 3. The Morgan fingerprint density at radius 1 is 1.29 bits per heavy atom. The minimum absolute atomic E-state index is 0.0243. The van der Waals surface area contributed by atoms with Crippen LogP contribution in [0, 0.1) is 0 Å². The third-order valence-electron chi connectivity index (χ3n) is 2.84. The Labute approximate surface area is 96.3 Å². The van der Waals surface area contributed by atoms with Gasteiger partial charge in [0.15, 0.2) is 0 Å². The van der Waals surface area contributed by atoms with E-state index in [9.17, 15) is 13.2 Å². The first kappa shape index (κ1) is 11.9. The Balaban J connectivity index is 2.58. The quantitative estimate of drug-likeness (QED) is 0.785. The van der Waals surface area contributed by atoms with Gasteiger partial charge in [-0.2, -0.15) is 23.4 Å². The Kier molecular flexibility index (Phi) is 2.81. The summed E-state index contributed by atoms with van der Waals surface area (Å²) in [6.45, 7) is 0.0809. The smallest absolute Gasteiger partial charge is 0.419 e. The summed E-state index contributed by atoms with van der Waals surface area (Å²) in [6, 6.07) is 6.05. The predicted molar refractivity (Wildman–Crippen MR) is 55.1 cm³/mol. The number of rotatable bonds is 2. The standard InChI is InChI=1S/C11H11F3N2O/c1-17-9-5-3-2-4-8(9)10(11(12,13)14)6-7-15-16-10/h2-5H,6-7H2,1H3/t10-/m0/s1. The number of para-hydroxylation sites is 1. The minimum atomic E-state index is -4.47. The van der Waals surface area contributed by atoms with Gasteiger partial charge in [-0.05, 0) is 6.07 Å². The molecule has 3 nitrogen and oxygen atoms in total. The summed E-state index contributed by atoms with van der Waals surface area (Å²) in [7, 11) is 1.34. The highest BCUT2D eigenvalue weighted by atomic mass is 19.4. The molecule has 1 heterocycles. The summed E-state index contributed by atoms with van der Waals surface area (Å²) < 4.78 is 44.6. The van der Waals surface area contributed by atoms with Crippen molar-refractivity contribution in [1.82, 2.24) is 0 Å². The van der Waals surface area contributed by atoms with Crippen LogP contribution in [0.15, 0.2) is 34.5 Å². The SMILES string of the molecule is COc1ccccc1[C@]1(C(F)(F)F)CCN=N1. The molecule has 0 fully saturated rings. The summed E-state index contributed by atoms with van der Waals surface area (Å²) in [5, 5.41) is 6.94. The first-order valence-corrected chi connectivity index (χ1v) is 5.10. The van der Waals surface area contributed by atoms with Crippen molar-refractivity contribution in [3.05, 3.63) is 29.8 Å². The van der Waals surface area contributed by atoms with Gasteiger partial charge >= 0.3 is 6.18 Å². The van der Waals surface area contributed by atoms with E-state index in [1.54, 1.807) is 12.1 Å². The molecule has 17 heavy (non-hydrogen) atoms. The number of hydrogen-bond acceptors (Lipinski definition) is 3. The molecule has 1 aliphatic heterocycles. The van der Waals surface area contributed by atoms with Crippen LogP contribution < -0.4 is 4.74 Å². The number of hydrogen-bond donors (Lipinski definition) is 0. The van der Waals surface area contributed by atoms with Gasteiger partial charge in [-0.3, -0.25) is 0 Å². The monoisotopic (exact) mass is 244 g/mol. The molecule has 0 spiro atoms. The first-order chi connectivity index (χ1) is 8.01. The molecule has 92 valence electrons. The van der Waals surface area contributed by atoms with E-state index in [0.717, 1.165) is 0 Å². The second-order valence-electron chi connectivity index (χ2n) is 3.77. The lowest BCUT2D eigenvalue weighted by Crippen LogP contribution is -2.39. The van der Waals surface area contributed by atoms with Crippen molar-refractivity contribution < 1.29 is 17.9 Å². The van der Waals surface area contributed by atoms with Crippen LogP contribution in [0.1, 0.15) is 12.0 Å². The molecule has 6 heteroatoms. The van der Waals surface area contributed by atoms with Crippen LogP contribution in [-0.4, -0.2) is 19.8 Å². The van der Waals surface area contributed by atoms with Crippen LogP contribution >= 0.6 is 0 Å². The Morgan fingerprint density at radius 2 is 2.00 bits per heavy atom.